The van der Waals surface area contributed by atoms with Crippen molar-refractivity contribution in [1.29, 1.82) is 0 Å². The number of carbonyl (C=O) groups is 1. The molecule has 2 aromatic carbocycles. The molecule has 1 aliphatic carbocycles. The van der Waals surface area contributed by atoms with Crippen LogP contribution in [0, 0.1) is 0 Å². The summed E-state index contributed by atoms with van der Waals surface area (Å²) in [6.45, 7) is 2.63. The van der Waals surface area contributed by atoms with E-state index >= 15 is 0 Å². The van der Waals surface area contributed by atoms with Crippen LogP contribution in [0.2, 0.25) is 0 Å². The minimum atomic E-state index is -0.628. The first-order valence-corrected chi connectivity index (χ1v) is 15.5. The number of benzene rings is 2. The second kappa shape index (κ2) is 12.7. The SMILES string of the molecule is CCCCCCCCCCCC1(O)CC2CCCC(C1)N2C(=O)OCC1c2ccccc2-c2ccccc21. The lowest BCUT2D eigenvalue weighted by atomic mass is 9.73. The van der Waals surface area contributed by atoms with Gasteiger partial charge in [0, 0.05) is 18.0 Å². The molecule has 5 rings (SSSR count). The summed E-state index contributed by atoms with van der Waals surface area (Å²) in [5.74, 6) is 0.0829. The fraction of sp³-hybridized carbons (Fsp3) is 0.618. The van der Waals surface area contributed by atoms with E-state index in [1.807, 2.05) is 4.90 Å². The van der Waals surface area contributed by atoms with Crippen molar-refractivity contribution in [2.75, 3.05) is 6.61 Å². The lowest BCUT2D eigenvalue weighted by Crippen LogP contribution is -2.60. The number of carbonyl (C=O) groups excluding carboxylic acids is 1. The Labute approximate surface area is 229 Å². The number of fused-ring (bicyclic) bond motifs is 5. The van der Waals surface area contributed by atoms with E-state index in [-0.39, 0.29) is 24.1 Å². The number of hydrogen-bond donors (Lipinski definition) is 1. The molecule has 2 fully saturated rings. The van der Waals surface area contributed by atoms with Gasteiger partial charge in [0.1, 0.15) is 6.61 Å². The third-order valence-corrected chi connectivity index (χ3v) is 9.39. The van der Waals surface area contributed by atoms with E-state index in [0.717, 1.165) is 32.1 Å². The van der Waals surface area contributed by atoms with Gasteiger partial charge in [0.2, 0.25) is 0 Å². The molecule has 0 saturated carbocycles. The van der Waals surface area contributed by atoms with Crippen molar-refractivity contribution in [1.82, 2.24) is 4.90 Å². The van der Waals surface area contributed by atoms with Crippen molar-refractivity contribution in [3.05, 3.63) is 59.7 Å². The van der Waals surface area contributed by atoms with Crippen molar-refractivity contribution >= 4 is 6.09 Å². The maximum Gasteiger partial charge on any atom is 0.410 e. The van der Waals surface area contributed by atoms with Crippen LogP contribution in [0.1, 0.15) is 120 Å². The maximum atomic E-state index is 13.5. The van der Waals surface area contributed by atoms with Gasteiger partial charge in [0.15, 0.2) is 0 Å². The number of aliphatic hydroxyl groups is 1. The Kier molecular flexibility index (Phi) is 9.09. The number of rotatable bonds is 12. The molecule has 4 nitrogen and oxygen atoms in total. The summed E-state index contributed by atoms with van der Waals surface area (Å²) < 4.78 is 6.05. The monoisotopic (exact) mass is 517 g/mol. The van der Waals surface area contributed by atoms with E-state index in [1.165, 1.54) is 73.6 Å². The number of hydrogen-bond acceptors (Lipinski definition) is 3. The van der Waals surface area contributed by atoms with Crippen LogP contribution in [0.4, 0.5) is 4.79 Å². The van der Waals surface area contributed by atoms with Crippen molar-refractivity contribution in [2.45, 2.75) is 127 Å². The maximum absolute atomic E-state index is 13.5. The summed E-state index contributed by atoms with van der Waals surface area (Å²) >= 11 is 0. The molecule has 2 aromatic rings. The van der Waals surface area contributed by atoms with Crippen LogP contribution in [0.15, 0.2) is 48.5 Å². The Morgan fingerprint density at radius 3 is 1.95 bits per heavy atom. The zero-order valence-electron chi connectivity index (χ0n) is 23.4. The lowest BCUT2D eigenvalue weighted by molar-refractivity contribution is -0.0894. The highest BCUT2D eigenvalue weighted by Crippen LogP contribution is 2.45. The Balaban J connectivity index is 1.12. The minimum absolute atomic E-state index is 0.0829. The molecule has 0 spiro atoms. The summed E-state index contributed by atoms with van der Waals surface area (Å²) in [4.78, 5) is 15.5. The lowest BCUT2D eigenvalue weighted by Gasteiger charge is -2.51. The smallest absolute Gasteiger partial charge is 0.410 e. The van der Waals surface area contributed by atoms with Crippen LogP contribution in [-0.2, 0) is 4.74 Å². The quantitative estimate of drug-likeness (QED) is 0.287. The molecule has 3 aliphatic rings. The molecule has 4 heteroatoms. The Morgan fingerprint density at radius 2 is 1.37 bits per heavy atom. The van der Waals surface area contributed by atoms with Crippen LogP contribution in [0.5, 0.6) is 0 Å². The van der Waals surface area contributed by atoms with E-state index in [0.29, 0.717) is 19.4 Å². The molecule has 2 unspecified atom stereocenters. The van der Waals surface area contributed by atoms with Crippen molar-refractivity contribution < 1.29 is 14.6 Å². The molecule has 2 heterocycles. The fourth-order valence-electron chi connectivity index (χ4n) is 7.46. The molecule has 2 bridgehead atoms. The molecular formula is C34H47NO3. The second-order valence-electron chi connectivity index (χ2n) is 12.2. The van der Waals surface area contributed by atoms with Crippen LogP contribution >= 0.6 is 0 Å². The molecule has 1 amide bonds. The van der Waals surface area contributed by atoms with Gasteiger partial charge in [-0.2, -0.15) is 0 Å². The average Bonchev–Trinajstić information content (AvgIpc) is 3.24. The van der Waals surface area contributed by atoms with Gasteiger partial charge in [-0.3, -0.25) is 0 Å². The Morgan fingerprint density at radius 1 is 0.842 bits per heavy atom. The Bertz CT molecular complexity index is 1010. The largest absolute Gasteiger partial charge is 0.448 e. The number of amides is 1. The van der Waals surface area contributed by atoms with E-state index in [2.05, 4.69) is 55.5 Å². The third-order valence-electron chi connectivity index (χ3n) is 9.39. The van der Waals surface area contributed by atoms with Crippen molar-refractivity contribution in [2.24, 2.45) is 0 Å². The number of ether oxygens (including phenoxy) is 1. The van der Waals surface area contributed by atoms with Gasteiger partial charge < -0.3 is 14.7 Å². The van der Waals surface area contributed by atoms with Gasteiger partial charge >= 0.3 is 6.09 Å². The van der Waals surface area contributed by atoms with Crippen molar-refractivity contribution in [3.63, 3.8) is 0 Å². The van der Waals surface area contributed by atoms with Gasteiger partial charge in [0.05, 0.1) is 5.60 Å². The van der Waals surface area contributed by atoms with E-state index in [9.17, 15) is 9.90 Å². The van der Waals surface area contributed by atoms with Crippen molar-refractivity contribution in [3.8, 4) is 11.1 Å². The van der Waals surface area contributed by atoms with E-state index < -0.39 is 5.60 Å². The van der Waals surface area contributed by atoms with Crippen LogP contribution in [0.25, 0.3) is 11.1 Å². The Hall–Kier alpha value is -2.33. The van der Waals surface area contributed by atoms with Gasteiger partial charge in [-0.25, -0.2) is 4.79 Å². The van der Waals surface area contributed by atoms with Gasteiger partial charge in [-0.1, -0.05) is 113 Å². The average molecular weight is 518 g/mol. The third kappa shape index (κ3) is 6.11. The standard InChI is InChI=1S/C34H47NO3/c1-2-3-4-5-6-7-8-9-14-22-34(37)23-26-16-15-17-27(24-34)35(26)33(36)38-25-32-30-20-12-10-18-28(30)29-19-11-13-21-31(29)32/h10-13,18-21,26-27,32,37H,2-9,14-17,22-25H2,1H3. The predicted molar refractivity (Wildman–Crippen MR) is 154 cm³/mol. The highest BCUT2D eigenvalue weighted by molar-refractivity contribution is 5.79. The van der Waals surface area contributed by atoms with Crippen LogP contribution < -0.4 is 0 Å². The molecule has 1 N–H and O–H groups in total. The zero-order chi connectivity index (χ0) is 26.4. The van der Waals surface area contributed by atoms with E-state index in [4.69, 9.17) is 4.74 Å². The highest BCUT2D eigenvalue weighted by atomic mass is 16.6. The molecule has 2 aliphatic heterocycles. The highest BCUT2D eigenvalue weighted by Gasteiger charge is 2.47. The zero-order valence-corrected chi connectivity index (χ0v) is 23.4. The molecule has 38 heavy (non-hydrogen) atoms. The van der Waals surface area contributed by atoms with Gasteiger partial charge in [-0.15, -0.1) is 0 Å². The predicted octanol–water partition coefficient (Wildman–Crippen LogP) is 8.60. The van der Waals surface area contributed by atoms with E-state index in [1.54, 1.807) is 0 Å². The summed E-state index contributed by atoms with van der Waals surface area (Å²) in [7, 11) is 0. The molecule has 2 saturated heterocycles. The summed E-state index contributed by atoms with van der Waals surface area (Å²) in [6, 6.07) is 17.2. The molecular weight excluding hydrogens is 470 g/mol. The number of piperidine rings is 2. The summed E-state index contributed by atoms with van der Waals surface area (Å²) in [5.41, 5.74) is 4.37. The molecule has 2 atom stereocenters. The molecule has 0 radical (unpaired) electrons. The number of unbranched alkanes of at least 4 members (excludes halogenated alkanes) is 8. The van der Waals surface area contributed by atoms with Gasteiger partial charge in [-0.05, 0) is 60.8 Å². The summed E-state index contributed by atoms with van der Waals surface area (Å²) in [6.07, 6.45) is 16.8. The molecule has 0 aromatic heterocycles. The van der Waals surface area contributed by atoms with Gasteiger partial charge in [0.25, 0.3) is 0 Å². The molecule has 206 valence electrons. The van der Waals surface area contributed by atoms with Crippen LogP contribution in [0.3, 0.4) is 0 Å². The first-order chi connectivity index (χ1) is 18.6. The minimum Gasteiger partial charge on any atom is -0.448 e. The summed E-state index contributed by atoms with van der Waals surface area (Å²) in [5, 5.41) is 11.5. The normalized spacial score (nSPS) is 24.2. The van der Waals surface area contributed by atoms with Crippen LogP contribution in [-0.4, -0.2) is 40.4 Å². The second-order valence-corrected chi connectivity index (χ2v) is 12.2. The fourth-order valence-corrected chi connectivity index (χ4v) is 7.46. The topological polar surface area (TPSA) is 49.8 Å². The number of nitrogens with zero attached hydrogens (tertiary/aromatic N) is 1. The first-order valence-electron chi connectivity index (χ1n) is 15.5. The first kappa shape index (κ1) is 27.2.